The van der Waals surface area contributed by atoms with Crippen molar-refractivity contribution >= 4 is 28.2 Å². The third kappa shape index (κ3) is 2.56. The molecule has 0 unspecified atom stereocenters. The highest BCUT2D eigenvalue weighted by atomic mass is 35.5. The van der Waals surface area contributed by atoms with Gasteiger partial charge in [-0.2, -0.15) is 0 Å². The van der Waals surface area contributed by atoms with Gasteiger partial charge in [0, 0.05) is 17.0 Å². The van der Waals surface area contributed by atoms with Gasteiger partial charge in [0.2, 0.25) is 0 Å². The summed E-state index contributed by atoms with van der Waals surface area (Å²) in [4.78, 5) is 6.78. The highest BCUT2D eigenvalue weighted by Gasteiger charge is 2.13. The van der Waals surface area contributed by atoms with E-state index in [4.69, 9.17) is 11.6 Å². The Bertz CT molecular complexity index is 1020. The van der Waals surface area contributed by atoms with Crippen molar-refractivity contribution < 1.29 is 0 Å². The molecule has 24 heavy (non-hydrogen) atoms. The Hall–Kier alpha value is -2.36. The van der Waals surface area contributed by atoms with Gasteiger partial charge in [-0.05, 0) is 49.5 Å². The molecular weight excluding hydrogens is 318 g/mol. The number of fused-ring (bicyclic) bond motifs is 3. The average molecular weight is 336 g/mol. The second kappa shape index (κ2) is 5.93. The van der Waals surface area contributed by atoms with E-state index in [1.165, 1.54) is 11.3 Å². The molecule has 2 heterocycles. The summed E-state index contributed by atoms with van der Waals surface area (Å²) in [6.07, 6.45) is 1.96. The first-order valence-corrected chi connectivity index (χ1v) is 8.30. The minimum atomic E-state index is 0.744. The predicted octanol–water partition coefficient (Wildman–Crippen LogP) is 4.87. The molecule has 0 aliphatic rings. The summed E-state index contributed by atoms with van der Waals surface area (Å²) in [6, 6.07) is 18.6. The molecule has 0 saturated heterocycles. The molecular formula is C20H18ClN3. The fraction of sp³-hybridized carbons (Fsp3) is 0.150. The van der Waals surface area contributed by atoms with Crippen LogP contribution in [0.2, 0.25) is 5.02 Å². The Morgan fingerprint density at radius 3 is 2.58 bits per heavy atom. The number of aromatic nitrogens is 2. The second-order valence-corrected chi connectivity index (χ2v) is 6.70. The van der Waals surface area contributed by atoms with Crippen LogP contribution in [0.25, 0.3) is 27.7 Å². The maximum Gasteiger partial charge on any atom is 0.138 e. The summed E-state index contributed by atoms with van der Waals surface area (Å²) in [7, 11) is 4.13. The minimum absolute atomic E-state index is 0.744. The largest absolute Gasteiger partial charge is 0.304 e. The third-order valence-electron chi connectivity index (χ3n) is 4.19. The topological polar surface area (TPSA) is 20.5 Å². The maximum absolute atomic E-state index is 6.29. The molecule has 4 aromatic rings. The minimum Gasteiger partial charge on any atom is -0.304 e. The third-order valence-corrected chi connectivity index (χ3v) is 4.42. The van der Waals surface area contributed by atoms with Crippen molar-refractivity contribution in [2.75, 3.05) is 14.1 Å². The zero-order chi connectivity index (χ0) is 16.7. The van der Waals surface area contributed by atoms with Crippen LogP contribution in [-0.4, -0.2) is 28.4 Å². The zero-order valence-electron chi connectivity index (χ0n) is 13.7. The number of rotatable bonds is 3. The summed E-state index contributed by atoms with van der Waals surface area (Å²) in [5.41, 5.74) is 5.58. The van der Waals surface area contributed by atoms with Crippen LogP contribution < -0.4 is 0 Å². The summed E-state index contributed by atoms with van der Waals surface area (Å²) in [5, 5.41) is 1.88. The van der Waals surface area contributed by atoms with E-state index in [-0.39, 0.29) is 0 Å². The molecule has 0 aliphatic carbocycles. The molecule has 3 nitrogen and oxygen atoms in total. The number of nitrogens with zero attached hydrogens (tertiary/aromatic N) is 3. The SMILES string of the molecule is CN(C)Cc1cnc2cc(-c3ccccc3)c3cc(Cl)ccc3n12. The highest BCUT2D eigenvalue weighted by molar-refractivity contribution is 6.31. The highest BCUT2D eigenvalue weighted by Crippen LogP contribution is 2.32. The fourth-order valence-electron chi connectivity index (χ4n) is 3.20. The molecule has 0 aliphatic heterocycles. The normalized spacial score (nSPS) is 11.7. The van der Waals surface area contributed by atoms with Gasteiger partial charge in [0.05, 0.1) is 17.4 Å². The van der Waals surface area contributed by atoms with E-state index in [0.717, 1.165) is 33.7 Å². The van der Waals surface area contributed by atoms with Gasteiger partial charge in [-0.3, -0.25) is 4.40 Å². The lowest BCUT2D eigenvalue weighted by molar-refractivity contribution is 0.396. The number of imidazole rings is 1. The van der Waals surface area contributed by atoms with Gasteiger partial charge >= 0.3 is 0 Å². The van der Waals surface area contributed by atoms with E-state index in [2.05, 4.69) is 64.8 Å². The predicted molar refractivity (Wildman–Crippen MR) is 101 cm³/mol. The monoisotopic (exact) mass is 335 g/mol. The van der Waals surface area contributed by atoms with E-state index < -0.39 is 0 Å². The van der Waals surface area contributed by atoms with Crippen LogP contribution in [0.1, 0.15) is 5.69 Å². The lowest BCUT2D eigenvalue weighted by Crippen LogP contribution is -2.12. The standard InChI is InChI=1S/C20H18ClN3/c1-23(2)13-16-12-22-20-11-17(14-6-4-3-5-7-14)18-10-15(21)8-9-19(18)24(16)20/h3-12H,13H2,1-2H3. The number of hydrogen-bond acceptors (Lipinski definition) is 2. The number of benzene rings is 2. The molecule has 4 rings (SSSR count). The molecule has 0 saturated carbocycles. The van der Waals surface area contributed by atoms with E-state index in [1.54, 1.807) is 0 Å². The van der Waals surface area contributed by atoms with Gasteiger partial charge in [-0.15, -0.1) is 0 Å². The molecule has 2 aromatic carbocycles. The summed E-state index contributed by atoms with van der Waals surface area (Å²) in [6.45, 7) is 0.837. The van der Waals surface area contributed by atoms with Gasteiger partial charge in [-0.25, -0.2) is 4.98 Å². The van der Waals surface area contributed by atoms with Crippen LogP contribution in [0.4, 0.5) is 0 Å². The second-order valence-electron chi connectivity index (χ2n) is 6.27. The van der Waals surface area contributed by atoms with Crippen molar-refractivity contribution in [3.8, 4) is 11.1 Å². The number of pyridine rings is 1. The van der Waals surface area contributed by atoms with E-state index >= 15 is 0 Å². The molecule has 0 spiro atoms. The van der Waals surface area contributed by atoms with Crippen molar-refractivity contribution in [1.82, 2.24) is 14.3 Å². The first-order chi connectivity index (χ1) is 11.6. The smallest absolute Gasteiger partial charge is 0.138 e. The Morgan fingerprint density at radius 2 is 1.83 bits per heavy atom. The zero-order valence-corrected chi connectivity index (χ0v) is 14.5. The Labute approximate surface area is 146 Å². The van der Waals surface area contributed by atoms with E-state index in [1.807, 2.05) is 24.4 Å². The van der Waals surface area contributed by atoms with Crippen LogP contribution in [0.3, 0.4) is 0 Å². The molecule has 0 fully saturated rings. The first kappa shape index (κ1) is 15.2. The van der Waals surface area contributed by atoms with Gasteiger partial charge in [0.15, 0.2) is 0 Å². The summed E-state index contributed by atoms with van der Waals surface area (Å²) >= 11 is 6.29. The van der Waals surface area contributed by atoms with Gasteiger partial charge in [0.1, 0.15) is 5.65 Å². The van der Waals surface area contributed by atoms with Crippen LogP contribution in [-0.2, 0) is 6.54 Å². The van der Waals surface area contributed by atoms with Crippen LogP contribution >= 0.6 is 11.6 Å². The lowest BCUT2D eigenvalue weighted by Gasteiger charge is -2.14. The van der Waals surface area contributed by atoms with E-state index in [9.17, 15) is 0 Å². The number of halogens is 1. The van der Waals surface area contributed by atoms with Crippen LogP contribution in [0, 0.1) is 0 Å². The first-order valence-electron chi connectivity index (χ1n) is 7.92. The quantitative estimate of drug-likeness (QED) is 0.532. The molecule has 0 amide bonds. The van der Waals surface area contributed by atoms with Crippen molar-refractivity contribution in [3.63, 3.8) is 0 Å². The fourth-order valence-corrected chi connectivity index (χ4v) is 3.37. The number of hydrogen-bond donors (Lipinski definition) is 0. The average Bonchev–Trinajstić information content (AvgIpc) is 2.97. The van der Waals surface area contributed by atoms with Crippen LogP contribution in [0.15, 0.2) is 60.8 Å². The Morgan fingerprint density at radius 1 is 1.04 bits per heavy atom. The molecule has 120 valence electrons. The van der Waals surface area contributed by atoms with Gasteiger partial charge in [0.25, 0.3) is 0 Å². The molecule has 4 heteroatoms. The van der Waals surface area contributed by atoms with Crippen molar-refractivity contribution in [2.45, 2.75) is 6.54 Å². The molecule has 0 bridgehead atoms. The van der Waals surface area contributed by atoms with Crippen molar-refractivity contribution in [1.29, 1.82) is 0 Å². The summed E-state index contributed by atoms with van der Waals surface area (Å²) < 4.78 is 2.22. The van der Waals surface area contributed by atoms with Gasteiger partial charge < -0.3 is 4.90 Å². The lowest BCUT2D eigenvalue weighted by atomic mass is 10.0. The Balaban J connectivity index is 2.09. The van der Waals surface area contributed by atoms with Crippen LogP contribution in [0.5, 0.6) is 0 Å². The molecule has 0 N–H and O–H groups in total. The van der Waals surface area contributed by atoms with Gasteiger partial charge in [-0.1, -0.05) is 41.9 Å². The van der Waals surface area contributed by atoms with E-state index in [0.29, 0.717) is 0 Å². The van der Waals surface area contributed by atoms with Crippen molar-refractivity contribution in [2.24, 2.45) is 0 Å². The van der Waals surface area contributed by atoms with Crippen molar-refractivity contribution in [3.05, 3.63) is 71.5 Å². The molecule has 0 radical (unpaired) electrons. The molecule has 2 aromatic heterocycles. The summed E-state index contributed by atoms with van der Waals surface area (Å²) in [5.74, 6) is 0. The maximum atomic E-state index is 6.29. The molecule has 0 atom stereocenters. The Kier molecular flexibility index (Phi) is 3.75.